The number of nitrogens with zero attached hydrogens (tertiary/aromatic N) is 3. The van der Waals surface area contributed by atoms with Gasteiger partial charge in [-0.15, -0.1) is 11.3 Å². The molecule has 3 aromatic rings. The molecule has 7 nitrogen and oxygen atoms in total. The summed E-state index contributed by atoms with van der Waals surface area (Å²) < 4.78 is 67.1. The van der Waals surface area contributed by atoms with Crippen molar-refractivity contribution in [3.8, 4) is 0 Å². The molecule has 0 radical (unpaired) electrons. The number of sulfonamides is 1. The number of halogens is 3. The van der Waals surface area contributed by atoms with E-state index in [-0.39, 0.29) is 31.1 Å². The minimum atomic E-state index is -4.59. The number of hydrogen-bond acceptors (Lipinski definition) is 6. The van der Waals surface area contributed by atoms with Crippen LogP contribution in [-0.4, -0.2) is 49.3 Å². The van der Waals surface area contributed by atoms with Gasteiger partial charge in [-0.1, -0.05) is 38.1 Å². The monoisotopic (exact) mass is 566 g/mol. The Balaban J connectivity index is 1.58. The summed E-state index contributed by atoms with van der Waals surface area (Å²) in [7, 11) is -4.26. The fourth-order valence-corrected chi connectivity index (χ4v) is 6.62. The molecular formula is C26H29F3N4O3S2. The predicted octanol–water partition coefficient (Wildman–Crippen LogP) is 4.79. The lowest BCUT2D eigenvalue weighted by molar-refractivity contribution is -0.137. The summed E-state index contributed by atoms with van der Waals surface area (Å²) in [6.45, 7) is 6.54. The van der Waals surface area contributed by atoms with Gasteiger partial charge in [0, 0.05) is 31.6 Å². The number of aromatic nitrogens is 1. The molecule has 0 bridgehead atoms. The third kappa shape index (κ3) is 6.19. The first kappa shape index (κ1) is 28.1. The van der Waals surface area contributed by atoms with Crippen molar-refractivity contribution < 1.29 is 26.4 Å². The fraction of sp³-hybridized carbons (Fsp3) is 0.385. The van der Waals surface area contributed by atoms with Gasteiger partial charge in [-0.2, -0.15) is 17.5 Å². The van der Waals surface area contributed by atoms with E-state index in [0.717, 1.165) is 45.4 Å². The van der Waals surface area contributed by atoms with Crippen molar-refractivity contribution in [2.45, 2.75) is 50.3 Å². The summed E-state index contributed by atoms with van der Waals surface area (Å²) in [4.78, 5) is 19.4. The molecule has 1 saturated heterocycles. The van der Waals surface area contributed by atoms with Gasteiger partial charge in [0.05, 0.1) is 16.2 Å². The van der Waals surface area contributed by atoms with Crippen LogP contribution in [0.1, 0.15) is 42.1 Å². The second kappa shape index (κ2) is 11.0. The maximum absolute atomic E-state index is 13.5. The average molecular weight is 567 g/mol. The van der Waals surface area contributed by atoms with Gasteiger partial charge >= 0.3 is 6.18 Å². The van der Waals surface area contributed by atoms with Crippen LogP contribution in [-0.2, 0) is 27.5 Å². The molecule has 2 heterocycles. The summed E-state index contributed by atoms with van der Waals surface area (Å²) >= 11 is 1.40. The molecular weight excluding hydrogens is 537 g/mol. The highest BCUT2D eigenvalue weighted by Gasteiger charge is 2.41. The molecule has 12 heteroatoms. The molecule has 1 atom stereocenters. The zero-order valence-corrected chi connectivity index (χ0v) is 22.8. The van der Waals surface area contributed by atoms with Crippen LogP contribution in [0.5, 0.6) is 0 Å². The summed E-state index contributed by atoms with van der Waals surface area (Å²) in [6.07, 6.45) is -4.59. The first-order valence-electron chi connectivity index (χ1n) is 12.1. The molecule has 1 aliphatic rings. The number of hydrogen-bond donors (Lipinski definition) is 1. The number of piperazine rings is 1. The smallest absolute Gasteiger partial charge is 0.351 e. The van der Waals surface area contributed by atoms with E-state index >= 15 is 0 Å². The number of carbonyl (C=O) groups is 1. The molecule has 0 aliphatic carbocycles. The third-order valence-corrected chi connectivity index (χ3v) is 9.35. The number of nitrogens with one attached hydrogen (secondary N) is 1. The lowest BCUT2D eigenvalue weighted by atomic mass is 10.0. The zero-order valence-electron chi connectivity index (χ0n) is 21.2. The Morgan fingerprint density at radius 1 is 1.11 bits per heavy atom. The Morgan fingerprint density at radius 3 is 2.32 bits per heavy atom. The van der Waals surface area contributed by atoms with Crippen LogP contribution in [0.25, 0.3) is 0 Å². The molecule has 1 aromatic heterocycles. The number of benzene rings is 2. The number of alkyl halides is 3. The number of amides is 1. The first-order chi connectivity index (χ1) is 17.9. The molecule has 204 valence electrons. The van der Waals surface area contributed by atoms with Crippen LogP contribution < -0.4 is 10.2 Å². The third-order valence-electron chi connectivity index (χ3n) is 6.41. The van der Waals surface area contributed by atoms with Crippen molar-refractivity contribution >= 4 is 32.4 Å². The van der Waals surface area contributed by atoms with Gasteiger partial charge in [-0.05, 0) is 48.2 Å². The Bertz CT molecular complexity index is 1370. The van der Waals surface area contributed by atoms with Gasteiger partial charge in [0.2, 0.25) is 15.9 Å². The zero-order chi connectivity index (χ0) is 27.7. The van der Waals surface area contributed by atoms with Crippen molar-refractivity contribution in [1.29, 1.82) is 0 Å². The van der Waals surface area contributed by atoms with Gasteiger partial charge in [0.15, 0.2) is 5.13 Å². The van der Waals surface area contributed by atoms with Crippen LogP contribution in [0.15, 0.2) is 58.8 Å². The second-order valence-corrected chi connectivity index (χ2v) is 12.2. The van der Waals surface area contributed by atoms with E-state index in [1.807, 2.05) is 41.5 Å². The Hall–Kier alpha value is -2.96. The molecule has 0 saturated carbocycles. The maximum Gasteiger partial charge on any atom is 0.416 e. The minimum absolute atomic E-state index is 0.0246. The highest BCUT2D eigenvalue weighted by atomic mass is 32.2. The summed E-state index contributed by atoms with van der Waals surface area (Å²) in [5.41, 5.74) is 1.90. The van der Waals surface area contributed by atoms with E-state index < -0.39 is 33.7 Å². The Labute approximate surface area is 224 Å². The van der Waals surface area contributed by atoms with Gasteiger partial charge in [-0.3, -0.25) is 4.79 Å². The Kier molecular flexibility index (Phi) is 8.15. The van der Waals surface area contributed by atoms with Crippen molar-refractivity contribution in [3.05, 3.63) is 76.3 Å². The van der Waals surface area contributed by atoms with Crippen molar-refractivity contribution in [3.63, 3.8) is 0 Å². The van der Waals surface area contributed by atoms with Crippen molar-refractivity contribution in [2.75, 3.05) is 24.5 Å². The SMILES string of the molecule is Cc1csc(N2CCN(S(=O)(=O)c3ccc(C(F)(F)F)cc3)[C@@H](C(=O)NCc3ccc(C(C)C)cc3)C2)n1. The van der Waals surface area contributed by atoms with E-state index in [1.165, 1.54) is 11.3 Å². The lowest BCUT2D eigenvalue weighted by Gasteiger charge is -2.39. The van der Waals surface area contributed by atoms with Crippen molar-refractivity contribution in [2.24, 2.45) is 0 Å². The molecule has 1 aliphatic heterocycles. The van der Waals surface area contributed by atoms with E-state index in [4.69, 9.17) is 0 Å². The van der Waals surface area contributed by atoms with E-state index in [1.54, 1.807) is 0 Å². The normalized spacial score (nSPS) is 17.1. The molecule has 1 amide bonds. The van der Waals surface area contributed by atoms with Gasteiger partial charge in [0.25, 0.3) is 0 Å². The average Bonchev–Trinajstić information content (AvgIpc) is 3.33. The molecule has 2 aromatic carbocycles. The van der Waals surface area contributed by atoms with Crippen LogP contribution in [0.4, 0.5) is 18.3 Å². The topological polar surface area (TPSA) is 82.6 Å². The number of anilines is 1. The number of carbonyl (C=O) groups excluding carboxylic acids is 1. The van der Waals surface area contributed by atoms with Crippen molar-refractivity contribution in [1.82, 2.24) is 14.6 Å². The highest BCUT2D eigenvalue weighted by Crippen LogP contribution is 2.31. The fourth-order valence-electron chi connectivity index (χ4n) is 4.21. The molecule has 0 spiro atoms. The maximum atomic E-state index is 13.5. The largest absolute Gasteiger partial charge is 0.416 e. The lowest BCUT2D eigenvalue weighted by Crippen LogP contribution is -2.60. The van der Waals surface area contributed by atoms with Crippen LogP contribution >= 0.6 is 11.3 Å². The quantitative estimate of drug-likeness (QED) is 0.445. The van der Waals surface area contributed by atoms with Crippen LogP contribution in [0.3, 0.4) is 0 Å². The highest BCUT2D eigenvalue weighted by molar-refractivity contribution is 7.89. The van der Waals surface area contributed by atoms with Gasteiger partial charge in [0.1, 0.15) is 6.04 Å². The molecule has 0 unspecified atom stereocenters. The molecule has 38 heavy (non-hydrogen) atoms. The summed E-state index contributed by atoms with van der Waals surface area (Å²) in [6, 6.07) is 10.0. The summed E-state index contributed by atoms with van der Waals surface area (Å²) in [5, 5.41) is 5.39. The van der Waals surface area contributed by atoms with E-state index in [0.29, 0.717) is 11.0 Å². The molecule has 1 N–H and O–H groups in total. The summed E-state index contributed by atoms with van der Waals surface area (Å²) in [5.74, 6) is -0.128. The van der Waals surface area contributed by atoms with Gasteiger partial charge < -0.3 is 10.2 Å². The number of aryl methyl sites for hydroxylation is 1. The number of rotatable bonds is 7. The standard InChI is InChI=1S/C26H29F3N4O3S2/c1-17(2)20-6-4-19(5-7-20)14-30-24(34)23-15-32(25-31-18(3)16-37-25)12-13-33(23)38(35,36)22-10-8-21(9-11-22)26(27,28)29/h4-11,16-17,23H,12-15H2,1-3H3,(H,30,34)/t23-/m1/s1. The second-order valence-electron chi connectivity index (χ2n) is 9.49. The van der Waals surface area contributed by atoms with Crippen LogP contribution in [0.2, 0.25) is 0 Å². The minimum Gasteiger partial charge on any atom is -0.351 e. The molecule has 1 fully saturated rings. The van der Waals surface area contributed by atoms with E-state index in [9.17, 15) is 26.4 Å². The van der Waals surface area contributed by atoms with Gasteiger partial charge in [-0.25, -0.2) is 13.4 Å². The Morgan fingerprint density at radius 2 is 1.76 bits per heavy atom. The van der Waals surface area contributed by atoms with E-state index in [2.05, 4.69) is 24.1 Å². The number of thiazole rings is 1. The van der Waals surface area contributed by atoms with Crippen LogP contribution in [0, 0.1) is 6.92 Å². The predicted molar refractivity (Wildman–Crippen MR) is 141 cm³/mol. The first-order valence-corrected chi connectivity index (χ1v) is 14.4. The molecule has 4 rings (SSSR count).